The summed E-state index contributed by atoms with van der Waals surface area (Å²) in [5, 5.41) is 16.8. The molecule has 0 radical (unpaired) electrons. The van der Waals surface area contributed by atoms with Gasteiger partial charge in [-0.2, -0.15) is 0 Å². The van der Waals surface area contributed by atoms with Crippen LogP contribution in [0.1, 0.15) is 93.7 Å². The van der Waals surface area contributed by atoms with Crippen LogP contribution >= 0.6 is 11.6 Å². The molecule has 1 atom stereocenters. The Morgan fingerprint density at radius 1 is 1.27 bits per heavy atom. The molecule has 1 fully saturated rings. The van der Waals surface area contributed by atoms with Crippen LogP contribution in [-0.2, 0) is 9.59 Å². The van der Waals surface area contributed by atoms with Crippen LogP contribution in [0.4, 0.5) is 5.69 Å². The van der Waals surface area contributed by atoms with Gasteiger partial charge in [0.1, 0.15) is 5.76 Å². The number of aliphatic carboxylic acids is 1. The van der Waals surface area contributed by atoms with Gasteiger partial charge in [-0.15, -0.1) is 0 Å². The van der Waals surface area contributed by atoms with E-state index in [1.807, 2.05) is 19.9 Å². The third-order valence-corrected chi connectivity index (χ3v) is 6.74. The van der Waals surface area contributed by atoms with E-state index in [-0.39, 0.29) is 24.7 Å². The van der Waals surface area contributed by atoms with Gasteiger partial charge in [-0.25, -0.2) is 0 Å². The molecular weight excluding hydrogens is 440 g/mol. The number of benzene rings is 1. The number of hydrogen-bond acceptors (Lipinski definition) is 4. The van der Waals surface area contributed by atoms with Crippen LogP contribution < -0.4 is 5.32 Å². The van der Waals surface area contributed by atoms with Gasteiger partial charge in [-0.05, 0) is 68.6 Å². The molecule has 180 valence electrons. The van der Waals surface area contributed by atoms with E-state index in [1.165, 1.54) is 6.42 Å². The lowest BCUT2D eigenvalue weighted by Gasteiger charge is -2.38. The highest BCUT2D eigenvalue weighted by molar-refractivity contribution is 6.33. The van der Waals surface area contributed by atoms with Crippen molar-refractivity contribution in [3.8, 4) is 0 Å². The summed E-state index contributed by atoms with van der Waals surface area (Å²) < 4.78 is 5.75. The maximum atomic E-state index is 12.8. The fourth-order valence-electron chi connectivity index (χ4n) is 4.89. The standard InChI is InChI=1S/C26H35ClN2O4/c1-15-6-8-21(20(27)10-15)28-22(30)13-18(7-9-23(31)32)24-16(2)25(33-29-24)19-11-17(12-19)14-26(3,4)5/h6,8,10,17-19H,7,9,11-14H2,1-5H3,(H,28,30)(H,31,32). The molecule has 6 nitrogen and oxygen atoms in total. The number of hydrogen-bond donors (Lipinski definition) is 2. The zero-order chi connectivity index (χ0) is 24.3. The molecule has 33 heavy (non-hydrogen) atoms. The number of nitrogens with one attached hydrogen (secondary N) is 1. The van der Waals surface area contributed by atoms with Gasteiger partial charge in [0.25, 0.3) is 0 Å². The van der Waals surface area contributed by atoms with E-state index >= 15 is 0 Å². The van der Waals surface area contributed by atoms with Gasteiger partial charge in [0.2, 0.25) is 5.91 Å². The highest BCUT2D eigenvalue weighted by Crippen LogP contribution is 2.48. The molecular formula is C26H35ClN2O4. The topological polar surface area (TPSA) is 92.4 Å². The van der Waals surface area contributed by atoms with Crippen molar-refractivity contribution in [1.29, 1.82) is 0 Å². The number of carbonyl (C=O) groups is 2. The van der Waals surface area contributed by atoms with Crippen LogP contribution in [0.25, 0.3) is 0 Å². The molecule has 2 N–H and O–H groups in total. The van der Waals surface area contributed by atoms with E-state index in [4.69, 9.17) is 16.1 Å². The van der Waals surface area contributed by atoms with E-state index in [2.05, 4.69) is 31.2 Å². The number of nitrogens with zero attached hydrogens (tertiary/aromatic N) is 1. The Bertz CT molecular complexity index is 1000. The summed E-state index contributed by atoms with van der Waals surface area (Å²) in [6, 6.07) is 5.44. The van der Waals surface area contributed by atoms with E-state index in [0.717, 1.165) is 29.7 Å². The molecule has 1 heterocycles. The number of carboxylic acid groups (broad SMARTS) is 1. The quantitative estimate of drug-likeness (QED) is 0.414. The van der Waals surface area contributed by atoms with E-state index in [1.54, 1.807) is 12.1 Å². The van der Waals surface area contributed by atoms with Crippen molar-refractivity contribution in [3.05, 3.63) is 45.8 Å². The predicted molar refractivity (Wildman–Crippen MR) is 130 cm³/mol. The monoisotopic (exact) mass is 474 g/mol. The molecule has 7 heteroatoms. The van der Waals surface area contributed by atoms with Crippen LogP contribution in [0.3, 0.4) is 0 Å². The van der Waals surface area contributed by atoms with Crippen molar-refractivity contribution in [2.45, 2.75) is 85.0 Å². The Labute approximate surface area is 201 Å². The Morgan fingerprint density at radius 2 is 1.97 bits per heavy atom. The lowest BCUT2D eigenvalue weighted by atomic mass is 9.67. The van der Waals surface area contributed by atoms with Gasteiger partial charge in [-0.3, -0.25) is 9.59 Å². The second-order valence-corrected chi connectivity index (χ2v) is 11.1. The molecule has 0 aliphatic heterocycles. The van der Waals surface area contributed by atoms with Gasteiger partial charge in [0.15, 0.2) is 0 Å². The first-order valence-corrected chi connectivity index (χ1v) is 12.0. The first kappa shape index (κ1) is 25.3. The summed E-state index contributed by atoms with van der Waals surface area (Å²) in [5.41, 5.74) is 3.50. The number of rotatable bonds is 9. The van der Waals surface area contributed by atoms with Crippen molar-refractivity contribution in [1.82, 2.24) is 5.16 Å². The van der Waals surface area contributed by atoms with Gasteiger partial charge < -0.3 is 14.9 Å². The minimum absolute atomic E-state index is 0.0397. The number of aryl methyl sites for hydroxylation is 1. The molecule has 0 saturated heterocycles. The fraction of sp³-hybridized carbons (Fsp3) is 0.577. The average Bonchev–Trinajstić information content (AvgIpc) is 3.03. The minimum atomic E-state index is -0.896. The molecule has 1 aromatic carbocycles. The maximum absolute atomic E-state index is 12.8. The number of carboxylic acids is 1. The van der Waals surface area contributed by atoms with E-state index < -0.39 is 5.97 Å². The second kappa shape index (κ2) is 10.3. The third kappa shape index (κ3) is 6.83. The molecule has 0 spiro atoms. The highest BCUT2D eigenvalue weighted by atomic mass is 35.5. The molecule has 1 amide bonds. The number of anilines is 1. The first-order chi connectivity index (χ1) is 15.4. The average molecular weight is 475 g/mol. The predicted octanol–water partition coefficient (Wildman–Crippen LogP) is 6.85. The van der Waals surface area contributed by atoms with E-state index in [0.29, 0.717) is 40.1 Å². The van der Waals surface area contributed by atoms with Crippen molar-refractivity contribution in [2.24, 2.45) is 11.3 Å². The minimum Gasteiger partial charge on any atom is -0.481 e. The van der Waals surface area contributed by atoms with Crippen molar-refractivity contribution >= 4 is 29.2 Å². The molecule has 1 unspecified atom stereocenters. The second-order valence-electron chi connectivity index (χ2n) is 10.7. The third-order valence-electron chi connectivity index (χ3n) is 6.43. The Balaban J connectivity index is 1.70. The smallest absolute Gasteiger partial charge is 0.303 e. The summed E-state index contributed by atoms with van der Waals surface area (Å²) in [6.45, 7) is 10.7. The fourth-order valence-corrected chi connectivity index (χ4v) is 5.17. The van der Waals surface area contributed by atoms with Crippen molar-refractivity contribution < 1.29 is 19.2 Å². The highest BCUT2D eigenvalue weighted by Gasteiger charge is 2.37. The largest absolute Gasteiger partial charge is 0.481 e. The molecule has 1 aliphatic rings. The zero-order valence-electron chi connectivity index (χ0n) is 20.2. The van der Waals surface area contributed by atoms with Crippen LogP contribution in [-0.4, -0.2) is 22.1 Å². The summed E-state index contributed by atoms with van der Waals surface area (Å²) in [4.78, 5) is 24.0. The lowest BCUT2D eigenvalue weighted by Crippen LogP contribution is -2.26. The van der Waals surface area contributed by atoms with Gasteiger partial charge in [0.05, 0.1) is 16.4 Å². The number of amides is 1. The van der Waals surface area contributed by atoms with Gasteiger partial charge in [0, 0.05) is 30.2 Å². The molecule has 0 bridgehead atoms. The Kier molecular flexibility index (Phi) is 7.88. The van der Waals surface area contributed by atoms with Crippen LogP contribution in [0.5, 0.6) is 0 Å². The van der Waals surface area contributed by atoms with Crippen molar-refractivity contribution in [3.63, 3.8) is 0 Å². The maximum Gasteiger partial charge on any atom is 0.303 e. The molecule has 2 aromatic rings. The zero-order valence-corrected chi connectivity index (χ0v) is 21.0. The SMILES string of the molecule is Cc1ccc(NC(=O)CC(CCC(=O)O)c2noc(C3CC(CC(C)(C)C)C3)c2C)c(Cl)c1. The van der Waals surface area contributed by atoms with Gasteiger partial charge in [-0.1, -0.05) is 43.6 Å². The van der Waals surface area contributed by atoms with E-state index in [9.17, 15) is 14.7 Å². The van der Waals surface area contributed by atoms with Crippen molar-refractivity contribution in [2.75, 3.05) is 5.32 Å². The normalized spacial score (nSPS) is 19.1. The molecule has 3 rings (SSSR count). The first-order valence-electron chi connectivity index (χ1n) is 11.7. The number of halogens is 1. The molecule has 1 aliphatic carbocycles. The summed E-state index contributed by atoms with van der Waals surface area (Å²) in [7, 11) is 0. The molecule has 1 aromatic heterocycles. The van der Waals surface area contributed by atoms with Crippen LogP contribution in [0.15, 0.2) is 22.7 Å². The Hall–Kier alpha value is -2.34. The number of carbonyl (C=O) groups excluding carboxylic acids is 1. The summed E-state index contributed by atoms with van der Waals surface area (Å²) in [6.07, 6.45) is 3.74. The molecule has 1 saturated carbocycles. The van der Waals surface area contributed by atoms with Crippen LogP contribution in [0.2, 0.25) is 5.02 Å². The summed E-state index contributed by atoms with van der Waals surface area (Å²) in [5.74, 6) is 0.460. The van der Waals surface area contributed by atoms with Gasteiger partial charge >= 0.3 is 5.97 Å². The Morgan fingerprint density at radius 3 is 2.58 bits per heavy atom. The summed E-state index contributed by atoms with van der Waals surface area (Å²) >= 11 is 6.25. The lowest BCUT2D eigenvalue weighted by molar-refractivity contribution is -0.137. The number of aromatic nitrogens is 1. The van der Waals surface area contributed by atoms with Crippen LogP contribution in [0, 0.1) is 25.2 Å².